The van der Waals surface area contributed by atoms with Crippen molar-refractivity contribution in [1.29, 1.82) is 5.26 Å². The van der Waals surface area contributed by atoms with E-state index in [0.29, 0.717) is 12.6 Å². The second-order valence-electron chi connectivity index (χ2n) is 5.32. The lowest BCUT2D eigenvalue weighted by atomic mass is 10.1. The van der Waals surface area contributed by atoms with Gasteiger partial charge in [-0.2, -0.15) is 5.26 Å². The van der Waals surface area contributed by atoms with Crippen molar-refractivity contribution in [1.82, 2.24) is 4.90 Å². The third-order valence-corrected chi connectivity index (χ3v) is 3.92. The molecule has 0 saturated heterocycles. The molecule has 0 radical (unpaired) electrons. The number of hydrogen-bond acceptors (Lipinski definition) is 3. The Hall–Kier alpha value is -1.53. The van der Waals surface area contributed by atoms with Crippen molar-refractivity contribution in [2.24, 2.45) is 0 Å². The Kier molecular flexibility index (Phi) is 4.81. The fourth-order valence-electron chi connectivity index (χ4n) is 2.92. The van der Waals surface area contributed by atoms with Crippen LogP contribution in [0.4, 0.5) is 0 Å². The maximum absolute atomic E-state index is 9.03. The molecule has 102 valence electrons. The second kappa shape index (κ2) is 6.58. The summed E-state index contributed by atoms with van der Waals surface area (Å²) in [6.07, 6.45) is 5.01. The molecule has 1 aromatic rings. The van der Waals surface area contributed by atoms with Crippen LogP contribution in [0.3, 0.4) is 0 Å². The van der Waals surface area contributed by atoms with Gasteiger partial charge in [0.2, 0.25) is 0 Å². The Morgan fingerprint density at radius 1 is 1.37 bits per heavy atom. The molecule has 0 spiro atoms. The van der Waals surface area contributed by atoms with E-state index in [0.717, 1.165) is 12.3 Å². The van der Waals surface area contributed by atoms with E-state index >= 15 is 0 Å². The molecule has 0 N–H and O–H groups in total. The molecular formula is C16H22N2O. The highest BCUT2D eigenvalue weighted by Crippen LogP contribution is 2.27. The van der Waals surface area contributed by atoms with Crippen molar-refractivity contribution in [3.8, 4) is 11.8 Å². The van der Waals surface area contributed by atoms with Gasteiger partial charge in [-0.05, 0) is 25.8 Å². The summed E-state index contributed by atoms with van der Waals surface area (Å²) in [5, 5.41) is 9.03. The van der Waals surface area contributed by atoms with Crippen molar-refractivity contribution in [2.75, 3.05) is 13.7 Å². The third-order valence-electron chi connectivity index (χ3n) is 3.92. The first-order valence-electron chi connectivity index (χ1n) is 6.99. The maximum atomic E-state index is 9.03. The van der Waals surface area contributed by atoms with Gasteiger partial charge in [0.15, 0.2) is 0 Å². The zero-order valence-corrected chi connectivity index (χ0v) is 11.9. The lowest BCUT2D eigenvalue weighted by Crippen LogP contribution is -2.33. The molecule has 3 heteroatoms. The number of rotatable bonds is 5. The van der Waals surface area contributed by atoms with Gasteiger partial charge in [0.05, 0.1) is 19.7 Å². The Morgan fingerprint density at radius 2 is 2.11 bits per heavy atom. The highest BCUT2D eigenvalue weighted by Gasteiger charge is 2.23. The Balaban J connectivity index is 2.16. The summed E-state index contributed by atoms with van der Waals surface area (Å²) in [4.78, 5) is 2.30. The van der Waals surface area contributed by atoms with Crippen LogP contribution >= 0.6 is 0 Å². The minimum Gasteiger partial charge on any atom is -0.496 e. The zero-order valence-electron chi connectivity index (χ0n) is 11.9. The molecular weight excluding hydrogens is 236 g/mol. The number of nitriles is 1. The minimum atomic E-state index is 0.502. The highest BCUT2D eigenvalue weighted by molar-refractivity contribution is 5.36. The van der Waals surface area contributed by atoms with Gasteiger partial charge in [-0.1, -0.05) is 30.5 Å². The molecule has 0 bridgehead atoms. The van der Waals surface area contributed by atoms with E-state index in [1.165, 1.54) is 36.8 Å². The lowest BCUT2D eigenvalue weighted by Gasteiger charge is -2.27. The Morgan fingerprint density at radius 3 is 2.74 bits per heavy atom. The molecule has 0 aromatic heterocycles. The molecule has 1 fully saturated rings. The number of hydrogen-bond donors (Lipinski definition) is 0. The van der Waals surface area contributed by atoms with Crippen molar-refractivity contribution in [2.45, 2.75) is 45.2 Å². The molecule has 1 saturated carbocycles. The monoisotopic (exact) mass is 258 g/mol. The summed E-state index contributed by atoms with van der Waals surface area (Å²) < 4.78 is 5.43. The molecule has 0 unspecified atom stereocenters. The molecule has 1 aromatic carbocycles. The predicted octanol–water partition coefficient (Wildman–Crippen LogP) is 3.27. The van der Waals surface area contributed by atoms with Gasteiger partial charge in [-0.15, -0.1) is 0 Å². The van der Waals surface area contributed by atoms with E-state index in [2.05, 4.69) is 30.0 Å². The summed E-state index contributed by atoms with van der Waals surface area (Å²) in [7, 11) is 1.71. The first-order valence-corrected chi connectivity index (χ1v) is 6.99. The van der Waals surface area contributed by atoms with Crippen molar-refractivity contribution in [3.63, 3.8) is 0 Å². The largest absolute Gasteiger partial charge is 0.496 e. The van der Waals surface area contributed by atoms with E-state index in [1.54, 1.807) is 7.11 Å². The summed E-state index contributed by atoms with van der Waals surface area (Å²) in [5.41, 5.74) is 2.42. The van der Waals surface area contributed by atoms with E-state index in [4.69, 9.17) is 10.00 Å². The zero-order chi connectivity index (χ0) is 13.7. The summed E-state index contributed by atoms with van der Waals surface area (Å²) >= 11 is 0. The minimum absolute atomic E-state index is 0.502. The van der Waals surface area contributed by atoms with E-state index in [1.807, 2.05) is 6.07 Å². The smallest absolute Gasteiger partial charge is 0.123 e. The van der Waals surface area contributed by atoms with Crippen LogP contribution in [0.5, 0.6) is 5.75 Å². The average molecular weight is 258 g/mol. The maximum Gasteiger partial charge on any atom is 0.123 e. The first-order chi connectivity index (χ1) is 9.24. The van der Waals surface area contributed by atoms with Crippen LogP contribution in [-0.4, -0.2) is 24.6 Å². The fourth-order valence-corrected chi connectivity index (χ4v) is 2.92. The topological polar surface area (TPSA) is 36.3 Å². The molecule has 0 amide bonds. The van der Waals surface area contributed by atoms with Crippen LogP contribution < -0.4 is 4.74 Å². The normalized spacial score (nSPS) is 15.7. The fraction of sp³-hybridized carbons (Fsp3) is 0.562. The van der Waals surface area contributed by atoms with Gasteiger partial charge in [0, 0.05) is 18.2 Å². The van der Waals surface area contributed by atoms with Gasteiger partial charge < -0.3 is 4.74 Å². The van der Waals surface area contributed by atoms with Gasteiger partial charge in [0.25, 0.3) is 0 Å². The summed E-state index contributed by atoms with van der Waals surface area (Å²) in [5.74, 6) is 0.923. The van der Waals surface area contributed by atoms with E-state index in [-0.39, 0.29) is 0 Å². The van der Waals surface area contributed by atoms with Gasteiger partial charge >= 0.3 is 0 Å². The molecule has 3 nitrogen and oxygen atoms in total. The molecule has 0 atom stereocenters. The van der Waals surface area contributed by atoms with Crippen molar-refractivity contribution in [3.05, 3.63) is 29.3 Å². The van der Waals surface area contributed by atoms with Crippen molar-refractivity contribution < 1.29 is 4.74 Å². The van der Waals surface area contributed by atoms with Crippen molar-refractivity contribution >= 4 is 0 Å². The van der Waals surface area contributed by atoms with Crippen LogP contribution in [0.1, 0.15) is 36.8 Å². The molecule has 19 heavy (non-hydrogen) atoms. The average Bonchev–Trinajstić information content (AvgIpc) is 2.92. The van der Waals surface area contributed by atoms with Crippen LogP contribution in [0, 0.1) is 18.3 Å². The third kappa shape index (κ3) is 3.48. The number of nitrogens with zero attached hydrogens (tertiary/aromatic N) is 2. The lowest BCUT2D eigenvalue weighted by molar-refractivity contribution is 0.211. The molecule has 2 rings (SSSR count). The molecule has 1 aliphatic carbocycles. The van der Waals surface area contributed by atoms with Crippen LogP contribution in [-0.2, 0) is 6.54 Å². The van der Waals surface area contributed by atoms with Gasteiger partial charge in [0.1, 0.15) is 5.75 Å². The standard InChI is InChI=1S/C16H22N2O/c1-13-7-8-16(19-2)14(11-13)12-18(10-9-17)15-5-3-4-6-15/h7-8,11,15H,3-6,10,12H2,1-2H3. The predicted molar refractivity (Wildman–Crippen MR) is 76.0 cm³/mol. The second-order valence-corrected chi connectivity index (χ2v) is 5.32. The van der Waals surface area contributed by atoms with Gasteiger partial charge in [-0.3, -0.25) is 4.90 Å². The van der Waals surface area contributed by atoms with Crippen LogP contribution in [0.2, 0.25) is 0 Å². The van der Waals surface area contributed by atoms with E-state index < -0.39 is 0 Å². The molecule has 0 heterocycles. The van der Waals surface area contributed by atoms with Gasteiger partial charge in [-0.25, -0.2) is 0 Å². The first kappa shape index (κ1) is 13.9. The van der Waals surface area contributed by atoms with Crippen LogP contribution in [0.15, 0.2) is 18.2 Å². The molecule has 1 aliphatic rings. The molecule has 0 aliphatic heterocycles. The number of aryl methyl sites for hydroxylation is 1. The number of methoxy groups -OCH3 is 1. The number of benzene rings is 1. The number of ether oxygens (including phenoxy) is 1. The quantitative estimate of drug-likeness (QED) is 0.760. The SMILES string of the molecule is COc1ccc(C)cc1CN(CC#N)C1CCCC1. The summed E-state index contributed by atoms with van der Waals surface area (Å²) in [6.45, 7) is 3.40. The van der Waals surface area contributed by atoms with Crippen LogP contribution in [0.25, 0.3) is 0 Å². The Labute approximate surface area is 115 Å². The Bertz CT molecular complexity index is 458. The van der Waals surface area contributed by atoms with E-state index in [9.17, 15) is 0 Å². The highest BCUT2D eigenvalue weighted by atomic mass is 16.5. The summed E-state index contributed by atoms with van der Waals surface area (Å²) in [6, 6.07) is 9.11.